The van der Waals surface area contributed by atoms with Gasteiger partial charge >= 0.3 is 17.9 Å². The summed E-state index contributed by atoms with van der Waals surface area (Å²) in [6.45, 7) is 8.91. The lowest BCUT2D eigenvalue weighted by Gasteiger charge is -2.47. The van der Waals surface area contributed by atoms with Crippen LogP contribution >= 0.6 is 11.8 Å². The zero-order valence-corrected chi connectivity index (χ0v) is 23.1. The molecule has 206 valence electrons. The number of thioether (sulfide) groups is 1. The van der Waals surface area contributed by atoms with Gasteiger partial charge in [0.15, 0.2) is 0 Å². The Morgan fingerprint density at radius 2 is 1.78 bits per heavy atom. The minimum Gasteiger partial charge on any atom is -0.462 e. The Morgan fingerprint density at radius 3 is 2.41 bits per heavy atom. The van der Waals surface area contributed by atoms with Crippen molar-refractivity contribution < 1.29 is 38.2 Å². The molecule has 11 heteroatoms. The Morgan fingerprint density at radius 1 is 1.08 bits per heavy atom. The molecule has 3 aliphatic rings. The van der Waals surface area contributed by atoms with Crippen molar-refractivity contribution >= 4 is 41.5 Å². The zero-order valence-electron chi connectivity index (χ0n) is 22.2. The quantitative estimate of drug-likeness (QED) is 0.163. The molecular formula is C26H38N2O8S. The number of nitrogens with zero attached hydrogens (tertiary/aromatic N) is 1. The van der Waals surface area contributed by atoms with E-state index in [4.69, 9.17) is 14.2 Å². The first-order chi connectivity index (χ1) is 17.5. The number of carbonyl (C=O) groups is 5. The lowest BCUT2D eigenvalue weighted by Crippen LogP contribution is -2.64. The first-order valence-corrected chi connectivity index (χ1v) is 14.0. The van der Waals surface area contributed by atoms with E-state index in [2.05, 4.69) is 12.2 Å². The fourth-order valence-electron chi connectivity index (χ4n) is 5.18. The predicted octanol–water partition coefficient (Wildman–Crippen LogP) is 3.04. The number of hydrogen-bond donors (Lipinski definition) is 1. The summed E-state index contributed by atoms with van der Waals surface area (Å²) < 4.78 is 16.0. The van der Waals surface area contributed by atoms with Crippen molar-refractivity contribution in [2.24, 2.45) is 11.8 Å². The van der Waals surface area contributed by atoms with Crippen LogP contribution in [0.4, 0.5) is 0 Å². The summed E-state index contributed by atoms with van der Waals surface area (Å²) in [7, 11) is 0. The van der Waals surface area contributed by atoms with Gasteiger partial charge in [0, 0.05) is 49.3 Å². The minimum atomic E-state index is -1.12. The highest BCUT2D eigenvalue weighted by Crippen LogP contribution is 2.52. The van der Waals surface area contributed by atoms with Crippen molar-refractivity contribution in [2.75, 3.05) is 6.54 Å². The van der Waals surface area contributed by atoms with Crippen LogP contribution < -0.4 is 5.32 Å². The van der Waals surface area contributed by atoms with Crippen molar-refractivity contribution in [1.29, 1.82) is 0 Å². The fraction of sp³-hybridized carbons (Fsp3) is 0.731. The molecule has 2 amide bonds. The molecule has 0 aromatic rings. The number of β-lactam (4-membered cyclic amide) rings is 1. The van der Waals surface area contributed by atoms with Gasteiger partial charge in [0.05, 0.1) is 12.0 Å². The molecule has 0 aromatic heterocycles. The van der Waals surface area contributed by atoms with Crippen molar-refractivity contribution in [3.63, 3.8) is 0 Å². The van der Waals surface area contributed by atoms with E-state index in [1.54, 1.807) is 6.92 Å². The third-order valence-corrected chi connectivity index (χ3v) is 8.41. The first-order valence-electron chi connectivity index (χ1n) is 13.1. The van der Waals surface area contributed by atoms with Gasteiger partial charge in [-0.15, -0.1) is 11.8 Å². The highest BCUT2D eigenvalue weighted by atomic mass is 32.2. The number of fused-ring (bicyclic) bond motifs is 1. The van der Waals surface area contributed by atoms with Gasteiger partial charge in [-0.05, 0) is 13.3 Å². The van der Waals surface area contributed by atoms with Crippen molar-refractivity contribution in [3.8, 4) is 0 Å². The predicted molar refractivity (Wildman–Crippen MR) is 136 cm³/mol. The summed E-state index contributed by atoms with van der Waals surface area (Å²) in [5.74, 6) is -2.90. The molecule has 2 fully saturated rings. The standard InChI is InChI=1S/C26H38N2O8S/c1-6-7-8-9-10-11-20(31)35-17(5)36-26(33)23-24(37-18-12-19(30)27-13-18)14(2)22-21(25(32)28(22)23)15(3)34-16(4)29/h14-15,17-18,21-22H,6-13H2,1-5H3,(H,27,30)/t14-,15-,17?,18?,21?,22?/m1/s1. The van der Waals surface area contributed by atoms with E-state index in [1.165, 1.54) is 30.5 Å². The molecule has 10 nitrogen and oxygen atoms in total. The van der Waals surface area contributed by atoms with Crippen LogP contribution in [0.1, 0.15) is 79.6 Å². The Kier molecular flexibility index (Phi) is 10.0. The summed E-state index contributed by atoms with van der Waals surface area (Å²) in [5, 5.41) is 2.70. The van der Waals surface area contributed by atoms with E-state index in [1.807, 2.05) is 6.92 Å². The maximum absolute atomic E-state index is 13.3. The van der Waals surface area contributed by atoms with Crippen LogP contribution in [0, 0.1) is 11.8 Å². The Hall–Kier alpha value is -2.56. The molecule has 1 N–H and O–H groups in total. The molecule has 6 atom stereocenters. The number of rotatable bonds is 13. The van der Waals surface area contributed by atoms with E-state index in [-0.39, 0.29) is 41.1 Å². The van der Waals surface area contributed by atoms with Crippen LogP contribution in [-0.2, 0) is 38.2 Å². The highest BCUT2D eigenvalue weighted by molar-refractivity contribution is 8.03. The second-order valence-electron chi connectivity index (χ2n) is 9.92. The topological polar surface area (TPSA) is 128 Å². The Balaban J connectivity index is 1.70. The Labute approximate surface area is 222 Å². The number of amides is 2. The smallest absolute Gasteiger partial charge is 0.358 e. The van der Waals surface area contributed by atoms with E-state index in [9.17, 15) is 24.0 Å². The van der Waals surface area contributed by atoms with Crippen LogP contribution in [0.15, 0.2) is 10.6 Å². The molecule has 3 aliphatic heterocycles. The molecule has 3 rings (SSSR count). The van der Waals surface area contributed by atoms with Crippen LogP contribution in [0.5, 0.6) is 0 Å². The summed E-state index contributed by atoms with van der Waals surface area (Å²) in [6, 6.07) is -0.377. The monoisotopic (exact) mass is 538 g/mol. The first kappa shape index (κ1) is 29.0. The number of hydrogen-bond acceptors (Lipinski definition) is 9. The van der Waals surface area contributed by atoms with Gasteiger partial charge in [0.25, 0.3) is 0 Å². The maximum Gasteiger partial charge on any atom is 0.358 e. The highest BCUT2D eigenvalue weighted by Gasteiger charge is 2.61. The van der Waals surface area contributed by atoms with E-state index < -0.39 is 36.2 Å². The average Bonchev–Trinajstić information content (AvgIpc) is 3.32. The van der Waals surface area contributed by atoms with Crippen molar-refractivity contribution in [1.82, 2.24) is 10.2 Å². The number of nitrogens with one attached hydrogen (secondary N) is 1. The summed E-state index contributed by atoms with van der Waals surface area (Å²) in [4.78, 5) is 63.9. The lowest BCUT2D eigenvalue weighted by molar-refractivity contribution is -0.186. The third kappa shape index (κ3) is 6.86. The second-order valence-corrected chi connectivity index (χ2v) is 11.3. The Bertz CT molecular complexity index is 951. The van der Waals surface area contributed by atoms with Gasteiger partial charge in [0.1, 0.15) is 11.8 Å². The van der Waals surface area contributed by atoms with Crippen LogP contribution in [0.25, 0.3) is 0 Å². The fourth-order valence-corrected chi connectivity index (χ4v) is 6.59. The summed E-state index contributed by atoms with van der Waals surface area (Å²) >= 11 is 1.38. The molecular weight excluding hydrogens is 500 g/mol. The van der Waals surface area contributed by atoms with Crippen LogP contribution in [-0.4, -0.2) is 64.9 Å². The van der Waals surface area contributed by atoms with E-state index >= 15 is 0 Å². The molecule has 37 heavy (non-hydrogen) atoms. The minimum absolute atomic E-state index is 0.0659. The van der Waals surface area contributed by atoms with Crippen LogP contribution in [0.2, 0.25) is 0 Å². The van der Waals surface area contributed by atoms with Crippen molar-refractivity contribution in [3.05, 3.63) is 10.6 Å². The number of unbranched alkanes of at least 4 members (excludes halogenated alkanes) is 4. The molecule has 0 bridgehead atoms. The number of esters is 3. The molecule has 2 saturated heterocycles. The van der Waals surface area contributed by atoms with Gasteiger partial charge in [-0.1, -0.05) is 39.5 Å². The van der Waals surface area contributed by atoms with Gasteiger partial charge < -0.3 is 24.4 Å². The van der Waals surface area contributed by atoms with Gasteiger partial charge in [-0.25, -0.2) is 4.79 Å². The number of carbonyl (C=O) groups excluding carboxylic acids is 5. The lowest BCUT2D eigenvalue weighted by atomic mass is 9.79. The SMILES string of the molecule is CCCCCCCC(=O)OC(C)OC(=O)C1=C(SC2CNC(=O)C2)[C@H](C)C2C([C@@H](C)OC(C)=O)C(=O)N12. The molecule has 0 aromatic carbocycles. The molecule has 0 spiro atoms. The molecule has 4 unspecified atom stereocenters. The normalized spacial score (nSPS) is 26.2. The molecule has 0 saturated carbocycles. The third-order valence-electron chi connectivity index (χ3n) is 6.93. The van der Waals surface area contributed by atoms with E-state index in [0.717, 1.165) is 25.7 Å². The van der Waals surface area contributed by atoms with Crippen molar-refractivity contribution in [2.45, 2.75) is 103 Å². The second kappa shape index (κ2) is 12.8. The average molecular weight is 539 g/mol. The van der Waals surface area contributed by atoms with Gasteiger partial charge in [-0.3, -0.25) is 19.2 Å². The van der Waals surface area contributed by atoms with Gasteiger partial charge in [0.2, 0.25) is 18.1 Å². The largest absolute Gasteiger partial charge is 0.462 e. The molecule has 0 radical (unpaired) electrons. The van der Waals surface area contributed by atoms with E-state index in [0.29, 0.717) is 24.3 Å². The van der Waals surface area contributed by atoms with Crippen LogP contribution in [0.3, 0.4) is 0 Å². The molecule has 3 heterocycles. The zero-order chi connectivity index (χ0) is 27.3. The molecule has 0 aliphatic carbocycles. The van der Waals surface area contributed by atoms with Gasteiger partial charge in [-0.2, -0.15) is 0 Å². The summed E-state index contributed by atoms with van der Waals surface area (Å²) in [6.07, 6.45) is 3.73. The summed E-state index contributed by atoms with van der Waals surface area (Å²) in [5.41, 5.74) is 0.112. The maximum atomic E-state index is 13.3. The number of ether oxygens (including phenoxy) is 3.